The van der Waals surface area contributed by atoms with E-state index in [1.165, 1.54) is 6.20 Å². The van der Waals surface area contributed by atoms with Crippen molar-refractivity contribution in [3.63, 3.8) is 0 Å². The van der Waals surface area contributed by atoms with Crippen LogP contribution < -0.4 is 22.7 Å². The van der Waals surface area contributed by atoms with Gasteiger partial charge in [-0.25, -0.2) is 9.59 Å². The summed E-state index contributed by atoms with van der Waals surface area (Å²) in [6, 6.07) is -0.00618. The van der Waals surface area contributed by atoms with E-state index in [-0.39, 0.29) is 13.1 Å². The van der Waals surface area contributed by atoms with Crippen molar-refractivity contribution in [1.82, 2.24) is 9.13 Å². The van der Waals surface area contributed by atoms with Crippen LogP contribution in [0.25, 0.3) is 0 Å². The molecule has 14 heavy (non-hydrogen) atoms. The molecule has 1 aromatic heterocycles. The fraction of sp³-hybridized carbons (Fsp3) is 0.286. The molecule has 0 aliphatic rings. The van der Waals surface area contributed by atoms with Crippen LogP contribution in [0.15, 0.2) is 21.9 Å². The highest BCUT2D eigenvalue weighted by atomic mass is 16.2. The molecule has 1 aromatic rings. The highest BCUT2D eigenvalue weighted by molar-refractivity contribution is 5.74. The third kappa shape index (κ3) is 1.72. The first-order valence-electron chi connectivity index (χ1n) is 3.90. The molecule has 0 saturated carbocycles. The Hall–Kier alpha value is -1.89. The van der Waals surface area contributed by atoms with Crippen LogP contribution in [0.5, 0.6) is 0 Å². The summed E-state index contributed by atoms with van der Waals surface area (Å²) in [6.07, 6.45) is 1.27. The molecule has 0 radical (unpaired) electrons. The number of rotatable bonds is 2. The Morgan fingerprint density at radius 2 is 2.07 bits per heavy atom. The van der Waals surface area contributed by atoms with E-state index in [0.717, 1.165) is 10.6 Å². The van der Waals surface area contributed by atoms with E-state index in [1.807, 2.05) is 0 Å². The maximum absolute atomic E-state index is 11.4. The van der Waals surface area contributed by atoms with Gasteiger partial charge in [-0.1, -0.05) is 0 Å². The standard InChI is InChI=1S/C7H10N4O3/c8-2-4-10-3-1-5(12)11(6(9)13)7(10)14/h1,3H,2,4,8H2,(H2,9,13). The Bertz CT molecular complexity index is 459. The maximum Gasteiger partial charge on any atom is 0.339 e. The van der Waals surface area contributed by atoms with Gasteiger partial charge in [0.2, 0.25) is 0 Å². The predicted octanol–water partition coefficient (Wildman–Crippen LogP) is -2.10. The zero-order chi connectivity index (χ0) is 10.7. The third-order valence-electron chi connectivity index (χ3n) is 1.64. The molecule has 0 fully saturated rings. The minimum absolute atomic E-state index is 0.229. The Morgan fingerprint density at radius 3 is 2.57 bits per heavy atom. The van der Waals surface area contributed by atoms with E-state index >= 15 is 0 Å². The van der Waals surface area contributed by atoms with Gasteiger partial charge in [-0.3, -0.25) is 9.36 Å². The molecule has 0 bridgehead atoms. The Balaban J connectivity index is 3.42. The smallest absolute Gasteiger partial charge is 0.339 e. The summed E-state index contributed by atoms with van der Waals surface area (Å²) < 4.78 is 1.50. The maximum atomic E-state index is 11.4. The molecule has 1 rings (SSSR count). The zero-order valence-corrected chi connectivity index (χ0v) is 7.34. The summed E-state index contributed by atoms with van der Waals surface area (Å²) in [5.41, 5.74) is 8.58. The second-order valence-electron chi connectivity index (χ2n) is 2.59. The van der Waals surface area contributed by atoms with Crippen molar-refractivity contribution in [2.24, 2.45) is 11.5 Å². The molecule has 0 aliphatic heterocycles. The molecule has 0 spiro atoms. The molecule has 0 unspecified atom stereocenters. The van der Waals surface area contributed by atoms with Crippen LogP contribution in [-0.4, -0.2) is 21.7 Å². The van der Waals surface area contributed by atoms with E-state index in [9.17, 15) is 14.4 Å². The first-order chi connectivity index (χ1) is 6.57. The van der Waals surface area contributed by atoms with Gasteiger partial charge in [0, 0.05) is 25.4 Å². The molecule has 4 N–H and O–H groups in total. The SMILES string of the molecule is NCCn1ccc(=O)n(C(N)=O)c1=O. The second-order valence-corrected chi connectivity index (χ2v) is 2.59. The monoisotopic (exact) mass is 198 g/mol. The molecule has 0 aromatic carbocycles. The molecule has 0 aliphatic carbocycles. The molecule has 0 atom stereocenters. The Labute approximate surface area is 78.5 Å². The van der Waals surface area contributed by atoms with Crippen molar-refractivity contribution in [1.29, 1.82) is 0 Å². The molecular formula is C7H10N4O3. The van der Waals surface area contributed by atoms with Gasteiger partial charge in [-0.15, -0.1) is 0 Å². The fourth-order valence-electron chi connectivity index (χ4n) is 1.03. The number of amides is 1. The van der Waals surface area contributed by atoms with Gasteiger partial charge in [-0.05, 0) is 0 Å². The van der Waals surface area contributed by atoms with Gasteiger partial charge < -0.3 is 11.5 Å². The van der Waals surface area contributed by atoms with Gasteiger partial charge in [0.25, 0.3) is 5.56 Å². The normalized spacial score (nSPS) is 10.1. The van der Waals surface area contributed by atoms with E-state index in [4.69, 9.17) is 11.5 Å². The van der Waals surface area contributed by atoms with Gasteiger partial charge >= 0.3 is 11.7 Å². The van der Waals surface area contributed by atoms with Gasteiger partial charge in [-0.2, -0.15) is 4.57 Å². The minimum atomic E-state index is -1.09. The van der Waals surface area contributed by atoms with Crippen molar-refractivity contribution in [3.05, 3.63) is 33.1 Å². The van der Waals surface area contributed by atoms with Crippen molar-refractivity contribution in [2.75, 3.05) is 6.54 Å². The van der Waals surface area contributed by atoms with E-state index in [2.05, 4.69) is 0 Å². The number of hydrogen-bond acceptors (Lipinski definition) is 4. The molecule has 7 heteroatoms. The van der Waals surface area contributed by atoms with E-state index in [1.54, 1.807) is 0 Å². The van der Waals surface area contributed by atoms with Gasteiger partial charge in [0.1, 0.15) is 0 Å². The third-order valence-corrected chi connectivity index (χ3v) is 1.64. The van der Waals surface area contributed by atoms with Gasteiger partial charge in [0.15, 0.2) is 0 Å². The van der Waals surface area contributed by atoms with Crippen molar-refractivity contribution >= 4 is 6.03 Å². The summed E-state index contributed by atoms with van der Waals surface area (Å²) in [4.78, 5) is 33.2. The number of carbonyl (C=O) groups excluding carboxylic acids is 1. The topological polar surface area (TPSA) is 113 Å². The molecule has 1 heterocycles. The second kappa shape index (κ2) is 3.88. The lowest BCUT2D eigenvalue weighted by Gasteiger charge is -2.04. The van der Waals surface area contributed by atoms with Crippen molar-refractivity contribution in [3.8, 4) is 0 Å². The van der Waals surface area contributed by atoms with Crippen LogP contribution in [-0.2, 0) is 6.54 Å². The summed E-state index contributed by atoms with van der Waals surface area (Å²) in [5.74, 6) is 0. The summed E-state index contributed by atoms with van der Waals surface area (Å²) in [7, 11) is 0. The van der Waals surface area contributed by atoms with Crippen LogP contribution in [0.2, 0.25) is 0 Å². The number of hydrogen-bond donors (Lipinski definition) is 2. The van der Waals surface area contributed by atoms with E-state index < -0.39 is 17.3 Å². The zero-order valence-electron chi connectivity index (χ0n) is 7.34. The van der Waals surface area contributed by atoms with Crippen LogP contribution in [0.3, 0.4) is 0 Å². The molecule has 76 valence electrons. The molecule has 7 nitrogen and oxygen atoms in total. The van der Waals surface area contributed by atoms with Crippen LogP contribution in [0.4, 0.5) is 4.79 Å². The minimum Gasteiger partial charge on any atom is -0.351 e. The number of aromatic nitrogens is 2. The molecule has 1 amide bonds. The summed E-state index contributed by atoms with van der Waals surface area (Å²) in [6.45, 7) is 0.462. The van der Waals surface area contributed by atoms with Gasteiger partial charge in [0.05, 0.1) is 0 Å². The lowest BCUT2D eigenvalue weighted by molar-refractivity contribution is 0.248. The average molecular weight is 198 g/mol. The lowest BCUT2D eigenvalue weighted by Crippen LogP contribution is -2.45. The molecule has 0 saturated heterocycles. The quantitative estimate of drug-likeness (QED) is 0.566. The number of nitrogens with two attached hydrogens (primary N) is 2. The first kappa shape index (κ1) is 10.2. The van der Waals surface area contributed by atoms with Crippen molar-refractivity contribution in [2.45, 2.75) is 6.54 Å². The van der Waals surface area contributed by atoms with Crippen LogP contribution in [0, 0.1) is 0 Å². The summed E-state index contributed by atoms with van der Waals surface area (Å²) >= 11 is 0. The van der Waals surface area contributed by atoms with Crippen molar-refractivity contribution < 1.29 is 4.79 Å². The number of carbonyl (C=O) groups is 1. The molecular weight excluding hydrogens is 188 g/mol. The fourth-order valence-corrected chi connectivity index (χ4v) is 1.03. The largest absolute Gasteiger partial charge is 0.351 e. The number of nitrogens with zero attached hydrogens (tertiary/aromatic N) is 2. The summed E-state index contributed by atoms with van der Waals surface area (Å²) in [5, 5.41) is 0. The Kier molecular flexibility index (Phi) is 2.82. The Morgan fingerprint density at radius 1 is 1.43 bits per heavy atom. The lowest BCUT2D eigenvalue weighted by atomic mass is 10.5. The predicted molar refractivity (Wildman–Crippen MR) is 49.0 cm³/mol. The highest BCUT2D eigenvalue weighted by Gasteiger charge is 2.08. The van der Waals surface area contributed by atoms with E-state index in [0.29, 0.717) is 4.57 Å². The highest BCUT2D eigenvalue weighted by Crippen LogP contribution is 1.76. The average Bonchev–Trinajstić information content (AvgIpc) is 2.10. The van der Waals surface area contributed by atoms with Crippen LogP contribution >= 0.6 is 0 Å². The van der Waals surface area contributed by atoms with Crippen LogP contribution in [0.1, 0.15) is 0 Å². The number of primary amides is 1. The first-order valence-corrected chi connectivity index (χ1v) is 3.90.